The Morgan fingerprint density at radius 3 is 2.76 bits per heavy atom. The molecule has 0 aliphatic heterocycles. The Morgan fingerprint density at radius 1 is 1.41 bits per heavy atom. The van der Waals surface area contributed by atoms with Crippen molar-refractivity contribution >= 4 is 11.3 Å². The predicted molar refractivity (Wildman–Crippen MR) is 68.7 cm³/mol. The van der Waals surface area contributed by atoms with E-state index in [2.05, 4.69) is 29.4 Å². The largest absolute Gasteiger partial charge is 0.337 e. The standard InChI is InChI=1S/C12H17N3OS/c1-7(2)4-10(13)12-14-11(15-16-12)9-6-17-5-8(9)3/h5-7,10H,4,13H2,1-3H3. The van der Waals surface area contributed by atoms with Crippen LogP contribution in [0.25, 0.3) is 11.4 Å². The topological polar surface area (TPSA) is 64.9 Å². The van der Waals surface area contributed by atoms with E-state index in [0.717, 1.165) is 12.0 Å². The van der Waals surface area contributed by atoms with Crippen molar-refractivity contribution in [1.82, 2.24) is 10.1 Å². The number of nitrogens with two attached hydrogens (primary N) is 1. The summed E-state index contributed by atoms with van der Waals surface area (Å²) in [5, 5.41) is 8.08. The van der Waals surface area contributed by atoms with E-state index >= 15 is 0 Å². The first kappa shape index (κ1) is 12.3. The fourth-order valence-corrected chi connectivity index (χ4v) is 2.52. The van der Waals surface area contributed by atoms with Crippen LogP contribution in [0.15, 0.2) is 15.3 Å². The summed E-state index contributed by atoms with van der Waals surface area (Å²) in [5.74, 6) is 1.68. The number of nitrogens with zero attached hydrogens (tertiary/aromatic N) is 2. The van der Waals surface area contributed by atoms with Crippen molar-refractivity contribution in [3.05, 3.63) is 22.2 Å². The summed E-state index contributed by atoms with van der Waals surface area (Å²) in [7, 11) is 0. The number of rotatable bonds is 4. The van der Waals surface area contributed by atoms with E-state index in [4.69, 9.17) is 10.3 Å². The van der Waals surface area contributed by atoms with Crippen LogP contribution in [-0.4, -0.2) is 10.1 Å². The van der Waals surface area contributed by atoms with E-state index in [-0.39, 0.29) is 6.04 Å². The number of thiophene rings is 1. The second-order valence-corrected chi connectivity index (χ2v) is 5.40. The molecule has 0 aliphatic rings. The van der Waals surface area contributed by atoms with Crippen LogP contribution in [0.4, 0.5) is 0 Å². The van der Waals surface area contributed by atoms with Crippen molar-refractivity contribution in [1.29, 1.82) is 0 Å². The third kappa shape index (κ3) is 2.73. The van der Waals surface area contributed by atoms with Crippen molar-refractivity contribution in [3.63, 3.8) is 0 Å². The summed E-state index contributed by atoms with van der Waals surface area (Å²) in [4.78, 5) is 4.37. The normalized spacial score (nSPS) is 13.2. The Balaban J connectivity index is 2.19. The van der Waals surface area contributed by atoms with Crippen LogP contribution >= 0.6 is 11.3 Å². The van der Waals surface area contributed by atoms with Crippen LogP contribution in [0.5, 0.6) is 0 Å². The van der Waals surface area contributed by atoms with Gasteiger partial charge in [-0.3, -0.25) is 0 Å². The number of hydrogen-bond donors (Lipinski definition) is 1. The highest BCUT2D eigenvalue weighted by Crippen LogP contribution is 2.26. The van der Waals surface area contributed by atoms with E-state index in [9.17, 15) is 0 Å². The number of aromatic nitrogens is 2. The average Bonchev–Trinajstić information content (AvgIpc) is 2.84. The molecule has 0 saturated heterocycles. The third-order valence-electron chi connectivity index (χ3n) is 2.58. The van der Waals surface area contributed by atoms with Crippen LogP contribution in [0.1, 0.15) is 37.8 Å². The lowest BCUT2D eigenvalue weighted by atomic mass is 10.0. The maximum absolute atomic E-state index is 6.01. The minimum absolute atomic E-state index is 0.171. The minimum Gasteiger partial charge on any atom is -0.337 e. The smallest absolute Gasteiger partial charge is 0.243 e. The molecule has 2 N–H and O–H groups in total. The summed E-state index contributed by atoms with van der Waals surface area (Å²) in [6.07, 6.45) is 0.851. The molecule has 0 radical (unpaired) electrons. The molecule has 0 amide bonds. The molecule has 0 aromatic carbocycles. The van der Waals surface area contributed by atoms with E-state index in [1.54, 1.807) is 11.3 Å². The monoisotopic (exact) mass is 251 g/mol. The van der Waals surface area contributed by atoms with Crippen LogP contribution in [0, 0.1) is 12.8 Å². The van der Waals surface area contributed by atoms with E-state index in [1.807, 2.05) is 12.3 Å². The van der Waals surface area contributed by atoms with E-state index in [1.165, 1.54) is 5.56 Å². The van der Waals surface area contributed by atoms with Crippen molar-refractivity contribution in [2.45, 2.75) is 33.2 Å². The third-order valence-corrected chi connectivity index (χ3v) is 3.44. The van der Waals surface area contributed by atoms with Gasteiger partial charge in [0, 0.05) is 10.9 Å². The Bertz CT molecular complexity index is 489. The van der Waals surface area contributed by atoms with Gasteiger partial charge in [-0.2, -0.15) is 16.3 Å². The second kappa shape index (κ2) is 4.98. The van der Waals surface area contributed by atoms with Crippen LogP contribution in [0.2, 0.25) is 0 Å². The summed E-state index contributed by atoms with van der Waals surface area (Å²) in [6, 6.07) is -0.171. The average molecular weight is 251 g/mol. The Labute approximate surface area is 105 Å². The van der Waals surface area contributed by atoms with Gasteiger partial charge in [0.1, 0.15) is 0 Å². The van der Waals surface area contributed by atoms with Crippen LogP contribution in [-0.2, 0) is 0 Å². The second-order valence-electron chi connectivity index (χ2n) is 4.66. The fourth-order valence-electron chi connectivity index (χ4n) is 1.69. The summed E-state index contributed by atoms with van der Waals surface area (Å²) in [6.45, 7) is 6.29. The highest BCUT2D eigenvalue weighted by Gasteiger charge is 2.17. The molecule has 0 spiro atoms. The van der Waals surface area contributed by atoms with Gasteiger partial charge in [-0.25, -0.2) is 0 Å². The molecular weight excluding hydrogens is 234 g/mol. The maximum Gasteiger partial charge on any atom is 0.243 e. The highest BCUT2D eigenvalue weighted by molar-refractivity contribution is 7.08. The highest BCUT2D eigenvalue weighted by atomic mass is 32.1. The molecule has 17 heavy (non-hydrogen) atoms. The minimum atomic E-state index is -0.171. The SMILES string of the molecule is Cc1cscc1-c1noc(C(N)CC(C)C)n1. The molecule has 1 unspecified atom stereocenters. The molecule has 92 valence electrons. The molecule has 2 aromatic rings. The molecule has 5 heteroatoms. The fraction of sp³-hybridized carbons (Fsp3) is 0.500. The zero-order valence-electron chi connectivity index (χ0n) is 10.3. The van der Waals surface area contributed by atoms with Crippen LogP contribution < -0.4 is 5.73 Å². The van der Waals surface area contributed by atoms with Gasteiger partial charge in [-0.1, -0.05) is 19.0 Å². The first-order chi connectivity index (χ1) is 8.08. The molecule has 1 atom stereocenters. The first-order valence-electron chi connectivity index (χ1n) is 5.70. The summed E-state index contributed by atoms with van der Waals surface area (Å²) in [5.41, 5.74) is 8.20. The van der Waals surface area contributed by atoms with Crippen molar-refractivity contribution in [3.8, 4) is 11.4 Å². The van der Waals surface area contributed by atoms with Gasteiger partial charge in [-0.15, -0.1) is 0 Å². The predicted octanol–water partition coefficient (Wildman–Crippen LogP) is 3.15. The van der Waals surface area contributed by atoms with E-state index < -0.39 is 0 Å². The number of aryl methyl sites for hydroxylation is 1. The molecule has 0 fully saturated rings. The van der Waals surface area contributed by atoms with E-state index in [0.29, 0.717) is 17.6 Å². The maximum atomic E-state index is 6.01. The van der Waals surface area contributed by atoms with Gasteiger partial charge in [0.2, 0.25) is 11.7 Å². The molecule has 2 aromatic heterocycles. The zero-order chi connectivity index (χ0) is 12.4. The Kier molecular flexibility index (Phi) is 3.59. The van der Waals surface area contributed by atoms with Gasteiger partial charge < -0.3 is 10.3 Å². The van der Waals surface area contributed by atoms with Crippen molar-refractivity contribution in [2.24, 2.45) is 11.7 Å². The number of hydrogen-bond acceptors (Lipinski definition) is 5. The molecule has 0 aliphatic carbocycles. The quantitative estimate of drug-likeness (QED) is 0.906. The Morgan fingerprint density at radius 2 is 2.18 bits per heavy atom. The molecule has 0 saturated carbocycles. The van der Waals surface area contributed by atoms with Gasteiger partial charge in [0.25, 0.3) is 0 Å². The van der Waals surface area contributed by atoms with Crippen molar-refractivity contribution < 1.29 is 4.52 Å². The lowest BCUT2D eigenvalue weighted by Gasteiger charge is -2.08. The molecule has 2 rings (SSSR count). The lowest BCUT2D eigenvalue weighted by Crippen LogP contribution is -2.13. The zero-order valence-corrected chi connectivity index (χ0v) is 11.1. The summed E-state index contributed by atoms with van der Waals surface area (Å²) >= 11 is 1.64. The molecule has 4 nitrogen and oxygen atoms in total. The first-order valence-corrected chi connectivity index (χ1v) is 6.64. The van der Waals surface area contributed by atoms with Gasteiger partial charge >= 0.3 is 0 Å². The molecule has 0 bridgehead atoms. The lowest BCUT2D eigenvalue weighted by molar-refractivity contribution is 0.335. The van der Waals surface area contributed by atoms with Gasteiger partial charge in [-0.05, 0) is 30.2 Å². The van der Waals surface area contributed by atoms with Crippen molar-refractivity contribution in [2.75, 3.05) is 0 Å². The van der Waals surface area contributed by atoms with Gasteiger partial charge in [0.15, 0.2) is 0 Å². The Hall–Kier alpha value is -1.20. The van der Waals surface area contributed by atoms with Gasteiger partial charge in [0.05, 0.1) is 6.04 Å². The summed E-state index contributed by atoms with van der Waals surface area (Å²) < 4.78 is 5.22. The van der Waals surface area contributed by atoms with Crippen LogP contribution in [0.3, 0.4) is 0 Å². The molecule has 2 heterocycles. The molecular formula is C12H17N3OS.